The number of rotatable bonds is 3. The molecule has 22 heavy (non-hydrogen) atoms. The quantitative estimate of drug-likeness (QED) is 0.882. The third kappa shape index (κ3) is 3.55. The van der Waals surface area contributed by atoms with Crippen LogP contribution in [0.3, 0.4) is 0 Å². The first-order valence-corrected chi connectivity index (χ1v) is 6.96. The van der Waals surface area contributed by atoms with Gasteiger partial charge in [0.2, 0.25) is 0 Å². The Balaban J connectivity index is 2.38. The lowest BCUT2D eigenvalue weighted by molar-refractivity contribution is 0.0519. The number of hydrogen-bond acceptors (Lipinski definition) is 5. The van der Waals surface area contributed by atoms with Crippen molar-refractivity contribution in [3.63, 3.8) is 0 Å². The molecule has 2 aromatic heterocycles. The summed E-state index contributed by atoms with van der Waals surface area (Å²) < 4.78 is 11.8. The molecule has 0 unspecified atom stereocenters. The van der Waals surface area contributed by atoms with Crippen LogP contribution < -0.4 is 5.32 Å². The first kappa shape index (κ1) is 15.8. The lowest BCUT2D eigenvalue weighted by atomic mass is 10.2. The summed E-state index contributed by atoms with van der Waals surface area (Å²) in [6.07, 6.45) is 0.996. The minimum atomic E-state index is -0.679. The Kier molecular flexibility index (Phi) is 4.35. The maximum Gasteiger partial charge on any atom is 0.413 e. The summed E-state index contributed by atoms with van der Waals surface area (Å²) in [4.78, 5) is 28.3. The van der Waals surface area contributed by atoms with Gasteiger partial charge < -0.3 is 9.47 Å². The van der Waals surface area contributed by atoms with Crippen molar-refractivity contribution in [2.45, 2.75) is 33.3 Å². The van der Waals surface area contributed by atoms with Crippen molar-refractivity contribution < 1.29 is 19.1 Å². The average Bonchev–Trinajstić information content (AvgIpc) is 2.74. The molecule has 2 heterocycles. The maximum atomic E-state index is 12.1. The smallest absolute Gasteiger partial charge is 0.413 e. The van der Waals surface area contributed by atoms with E-state index in [1.165, 1.54) is 0 Å². The lowest BCUT2D eigenvalue weighted by Gasteiger charge is -2.19. The van der Waals surface area contributed by atoms with Crippen LogP contribution >= 0.6 is 0 Å². The summed E-state index contributed by atoms with van der Waals surface area (Å²) in [5.74, 6) is -0.453. The zero-order valence-corrected chi connectivity index (χ0v) is 13.0. The van der Waals surface area contributed by atoms with Crippen LogP contribution in [0.15, 0.2) is 24.4 Å². The number of aromatic nitrogens is 2. The van der Waals surface area contributed by atoms with Gasteiger partial charge in [-0.3, -0.25) is 9.72 Å². The second-order valence-corrected chi connectivity index (χ2v) is 5.59. The molecule has 7 heteroatoms. The zero-order valence-electron chi connectivity index (χ0n) is 13.0. The standard InChI is InChI=1S/C15H19N3O4/c1-5-21-13(19)11-12(17-14(20)22-15(2,3)4)16-10-8-6-7-9-18(10)11/h6-9H,5H2,1-4H3,(H,17,20). The highest BCUT2D eigenvalue weighted by Gasteiger charge is 2.24. The third-order valence-electron chi connectivity index (χ3n) is 2.62. The number of hydrogen-bond donors (Lipinski definition) is 1. The van der Waals surface area contributed by atoms with Gasteiger partial charge in [0, 0.05) is 6.20 Å². The minimum Gasteiger partial charge on any atom is -0.461 e. The van der Waals surface area contributed by atoms with E-state index in [4.69, 9.17) is 9.47 Å². The highest BCUT2D eigenvalue weighted by molar-refractivity contribution is 5.98. The van der Waals surface area contributed by atoms with Crippen molar-refractivity contribution in [3.8, 4) is 0 Å². The van der Waals surface area contributed by atoms with E-state index in [2.05, 4.69) is 10.3 Å². The summed E-state index contributed by atoms with van der Waals surface area (Å²) in [6.45, 7) is 7.19. The molecule has 0 fully saturated rings. The Morgan fingerprint density at radius 1 is 1.32 bits per heavy atom. The normalized spacial score (nSPS) is 11.3. The van der Waals surface area contributed by atoms with Crippen molar-refractivity contribution in [1.82, 2.24) is 9.38 Å². The fourth-order valence-electron chi connectivity index (χ4n) is 1.88. The van der Waals surface area contributed by atoms with Gasteiger partial charge in [0.25, 0.3) is 0 Å². The van der Waals surface area contributed by atoms with Gasteiger partial charge in [-0.15, -0.1) is 0 Å². The van der Waals surface area contributed by atoms with Gasteiger partial charge in [0.1, 0.15) is 11.2 Å². The van der Waals surface area contributed by atoms with Gasteiger partial charge in [-0.1, -0.05) is 6.07 Å². The van der Waals surface area contributed by atoms with Gasteiger partial charge in [-0.05, 0) is 39.8 Å². The zero-order chi connectivity index (χ0) is 16.3. The molecule has 0 spiro atoms. The molecule has 0 atom stereocenters. The van der Waals surface area contributed by atoms with Crippen molar-refractivity contribution in [1.29, 1.82) is 0 Å². The van der Waals surface area contributed by atoms with E-state index in [0.717, 1.165) is 0 Å². The molecule has 0 aromatic carbocycles. The minimum absolute atomic E-state index is 0.110. The van der Waals surface area contributed by atoms with Crippen LogP contribution in [0.5, 0.6) is 0 Å². The fourth-order valence-corrected chi connectivity index (χ4v) is 1.88. The number of imidazole rings is 1. The van der Waals surface area contributed by atoms with Gasteiger partial charge in [-0.25, -0.2) is 14.6 Å². The Morgan fingerprint density at radius 3 is 2.68 bits per heavy atom. The van der Waals surface area contributed by atoms with Crippen LogP contribution in [-0.2, 0) is 9.47 Å². The number of amides is 1. The Labute approximate surface area is 128 Å². The summed E-state index contributed by atoms with van der Waals surface area (Å²) in [5, 5.41) is 2.50. The number of carbonyl (C=O) groups excluding carboxylic acids is 2. The SMILES string of the molecule is CCOC(=O)c1c(NC(=O)OC(C)(C)C)nc2ccccn12. The molecule has 0 radical (unpaired) electrons. The number of pyridine rings is 1. The molecule has 7 nitrogen and oxygen atoms in total. The summed E-state index contributed by atoms with van der Waals surface area (Å²) in [6, 6.07) is 5.27. The van der Waals surface area contributed by atoms with Crippen molar-refractivity contribution in [2.24, 2.45) is 0 Å². The lowest BCUT2D eigenvalue weighted by Crippen LogP contribution is -2.28. The summed E-state index contributed by atoms with van der Waals surface area (Å²) >= 11 is 0. The van der Waals surface area contributed by atoms with Crippen LogP contribution in [0.25, 0.3) is 5.65 Å². The molecule has 0 aliphatic heterocycles. The first-order valence-electron chi connectivity index (χ1n) is 6.96. The molecule has 0 saturated heterocycles. The van der Waals surface area contributed by atoms with Gasteiger partial charge in [0.15, 0.2) is 11.5 Å². The van der Waals surface area contributed by atoms with Crippen LogP contribution in [0, 0.1) is 0 Å². The number of fused-ring (bicyclic) bond motifs is 1. The van der Waals surface area contributed by atoms with Gasteiger partial charge in [0.05, 0.1) is 6.61 Å². The van der Waals surface area contributed by atoms with Crippen molar-refractivity contribution in [2.75, 3.05) is 11.9 Å². The fraction of sp³-hybridized carbons (Fsp3) is 0.400. The molecular formula is C15H19N3O4. The first-order chi connectivity index (χ1) is 10.3. The number of nitrogens with one attached hydrogen (secondary N) is 1. The maximum absolute atomic E-state index is 12.1. The predicted molar refractivity (Wildman–Crippen MR) is 81.0 cm³/mol. The predicted octanol–water partition coefficient (Wildman–Crippen LogP) is 2.86. The van der Waals surface area contributed by atoms with Crippen LogP contribution in [0.4, 0.5) is 10.6 Å². The Bertz CT molecular complexity index is 700. The van der Waals surface area contributed by atoms with Crippen LogP contribution in [-0.4, -0.2) is 33.7 Å². The van der Waals surface area contributed by atoms with E-state index in [9.17, 15) is 9.59 Å². The number of carbonyl (C=O) groups is 2. The molecule has 118 valence electrons. The molecule has 0 saturated carbocycles. The second kappa shape index (κ2) is 6.05. The van der Waals surface area contributed by atoms with Gasteiger partial charge >= 0.3 is 12.1 Å². The van der Waals surface area contributed by atoms with E-state index in [1.807, 2.05) is 0 Å². The van der Waals surface area contributed by atoms with Crippen molar-refractivity contribution in [3.05, 3.63) is 30.1 Å². The van der Waals surface area contributed by atoms with Crippen LogP contribution in [0.2, 0.25) is 0 Å². The summed E-state index contributed by atoms with van der Waals surface area (Å²) in [5.41, 5.74) is 0.0350. The Morgan fingerprint density at radius 2 is 2.05 bits per heavy atom. The topological polar surface area (TPSA) is 81.9 Å². The number of ether oxygens (including phenoxy) is 2. The molecule has 0 bridgehead atoms. The molecular weight excluding hydrogens is 286 g/mol. The largest absolute Gasteiger partial charge is 0.461 e. The molecule has 0 aliphatic rings. The van der Waals surface area contributed by atoms with E-state index < -0.39 is 17.7 Å². The molecule has 2 rings (SSSR count). The van der Waals surface area contributed by atoms with Crippen LogP contribution in [0.1, 0.15) is 38.2 Å². The number of anilines is 1. The highest BCUT2D eigenvalue weighted by atomic mass is 16.6. The average molecular weight is 305 g/mol. The highest BCUT2D eigenvalue weighted by Crippen LogP contribution is 2.20. The second-order valence-electron chi connectivity index (χ2n) is 5.59. The van der Waals surface area contributed by atoms with E-state index in [1.54, 1.807) is 56.5 Å². The Hall–Kier alpha value is -2.57. The monoisotopic (exact) mass is 305 g/mol. The summed E-state index contributed by atoms with van der Waals surface area (Å²) in [7, 11) is 0. The third-order valence-corrected chi connectivity index (χ3v) is 2.62. The molecule has 2 aromatic rings. The number of esters is 1. The van der Waals surface area contributed by atoms with E-state index in [-0.39, 0.29) is 18.1 Å². The van der Waals surface area contributed by atoms with E-state index in [0.29, 0.717) is 5.65 Å². The van der Waals surface area contributed by atoms with Gasteiger partial charge in [-0.2, -0.15) is 0 Å². The van der Waals surface area contributed by atoms with Crippen molar-refractivity contribution >= 4 is 23.5 Å². The van der Waals surface area contributed by atoms with E-state index >= 15 is 0 Å². The molecule has 0 aliphatic carbocycles. The number of nitrogens with zero attached hydrogens (tertiary/aromatic N) is 2. The molecule has 1 amide bonds. The molecule has 1 N–H and O–H groups in total.